The van der Waals surface area contributed by atoms with Gasteiger partial charge in [0, 0.05) is 0 Å². The van der Waals surface area contributed by atoms with E-state index in [0.717, 1.165) is 0 Å². The molecule has 0 saturated heterocycles. The van der Waals surface area contributed by atoms with Crippen LogP contribution < -0.4 is 0 Å². The van der Waals surface area contributed by atoms with Crippen LogP contribution in [0.4, 0.5) is 4.79 Å². The molecule has 0 aliphatic heterocycles. The highest BCUT2D eigenvalue weighted by atomic mass is 16.7. The zero-order valence-electron chi connectivity index (χ0n) is 8.18. The number of nitrogens with zero attached hydrogens (tertiary/aromatic N) is 2. The van der Waals surface area contributed by atoms with Crippen LogP contribution in [-0.2, 0) is 4.74 Å². The van der Waals surface area contributed by atoms with Gasteiger partial charge >= 0.3 is 6.09 Å². The van der Waals surface area contributed by atoms with Crippen LogP contribution in [-0.4, -0.2) is 28.3 Å². The van der Waals surface area contributed by atoms with E-state index in [9.17, 15) is 14.9 Å². The lowest BCUT2D eigenvalue weighted by atomic mass is 10.4. The fraction of sp³-hybridized carbons (Fsp3) is 0.857. The van der Waals surface area contributed by atoms with E-state index in [4.69, 9.17) is 0 Å². The van der Waals surface area contributed by atoms with Gasteiger partial charge < -0.3 is 4.74 Å². The minimum absolute atomic E-state index is 0.353. The Morgan fingerprint density at radius 1 is 1.38 bits per heavy atom. The van der Waals surface area contributed by atoms with Crippen molar-refractivity contribution in [2.24, 2.45) is 0 Å². The Bertz CT molecular complexity index is 203. The summed E-state index contributed by atoms with van der Waals surface area (Å²) in [4.78, 5) is 21.5. The number of hydrazine groups is 1. The summed E-state index contributed by atoms with van der Waals surface area (Å²) in [6.07, 6.45) is -1.27. The molecule has 6 heteroatoms. The third kappa shape index (κ3) is 3.73. The molecule has 0 unspecified atom stereocenters. The first-order chi connectivity index (χ1) is 5.86. The van der Waals surface area contributed by atoms with Gasteiger partial charge in [-0.3, -0.25) is 0 Å². The van der Waals surface area contributed by atoms with E-state index in [0.29, 0.717) is 5.01 Å². The average Bonchev–Trinajstić information content (AvgIpc) is 1.81. The maximum Gasteiger partial charge on any atom is 0.468 e. The van der Waals surface area contributed by atoms with E-state index in [-0.39, 0.29) is 6.10 Å². The Morgan fingerprint density at radius 2 is 1.85 bits per heavy atom. The van der Waals surface area contributed by atoms with Crippen molar-refractivity contribution < 1.29 is 14.6 Å². The molecular formula is C7H14N2O4. The molecule has 6 nitrogen and oxygen atoms in total. The second kappa shape index (κ2) is 4.64. The maximum atomic E-state index is 11.1. The molecule has 13 heavy (non-hydrogen) atoms. The molecule has 0 aliphatic carbocycles. The van der Waals surface area contributed by atoms with Gasteiger partial charge in [0.1, 0.15) is 0 Å². The van der Waals surface area contributed by atoms with Crippen molar-refractivity contribution in [2.45, 2.75) is 39.8 Å². The van der Waals surface area contributed by atoms with Gasteiger partial charge in [-0.2, -0.15) is 0 Å². The van der Waals surface area contributed by atoms with Crippen LogP contribution in [0.25, 0.3) is 0 Å². The van der Waals surface area contributed by atoms with Crippen LogP contribution in [0.5, 0.6) is 0 Å². The summed E-state index contributed by atoms with van der Waals surface area (Å²) >= 11 is 0. The molecule has 0 bridgehead atoms. The summed E-state index contributed by atoms with van der Waals surface area (Å²) in [6, 6.07) is -0.513. The molecule has 0 spiro atoms. The van der Waals surface area contributed by atoms with Gasteiger partial charge in [-0.25, -0.2) is 14.9 Å². The van der Waals surface area contributed by atoms with Crippen LogP contribution in [0.3, 0.4) is 0 Å². The Hall–Kier alpha value is -1.33. The second-order valence-corrected chi connectivity index (χ2v) is 3.11. The molecule has 0 aliphatic rings. The minimum Gasteiger partial charge on any atom is -0.443 e. The van der Waals surface area contributed by atoms with E-state index in [2.05, 4.69) is 4.74 Å². The van der Waals surface area contributed by atoms with Crippen molar-refractivity contribution in [1.29, 1.82) is 0 Å². The van der Waals surface area contributed by atoms with Crippen molar-refractivity contribution >= 4 is 6.09 Å². The van der Waals surface area contributed by atoms with Gasteiger partial charge in [0.25, 0.3) is 0 Å². The maximum absolute atomic E-state index is 11.1. The summed E-state index contributed by atoms with van der Waals surface area (Å²) < 4.78 is 4.68. The third-order valence-electron chi connectivity index (χ3n) is 1.19. The highest BCUT2D eigenvalue weighted by molar-refractivity contribution is 5.66. The zero-order valence-corrected chi connectivity index (χ0v) is 8.18. The van der Waals surface area contributed by atoms with Crippen LogP contribution in [0, 0.1) is 10.1 Å². The Morgan fingerprint density at radius 3 is 2.08 bits per heavy atom. The van der Waals surface area contributed by atoms with E-state index in [1.165, 1.54) is 0 Å². The SMILES string of the molecule is CC(C)OC(=O)N(C(C)C)[N+](=O)[O-]. The fourth-order valence-electron chi connectivity index (χ4n) is 0.722. The van der Waals surface area contributed by atoms with Gasteiger partial charge in [-0.1, -0.05) is 0 Å². The minimum atomic E-state index is -0.921. The lowest BCUT2D eigenvalue weighted by Gasteiger charge is -2.16. The molecule has 0 N–H and O–H groups in total. The lowest BCUT2D eigenvalue weighted by Crippen LogP contribution is -2.42. The van der Waals surface area contributed by atoms with Crippen LogP contribution in [0.2, 0.25) is 0 Å². The number of hydrogen-bond acceptors (Lipinski definition) is 4. The topological polar surface area (TPSA) is 72.7 Å². The third-order valence-corrected chi connectivity index (χ3v) is 1.19. The molecule has 0 aromatic rings. The lowest BCUT2D eigenvalue weighted by molar-refractivity contribution is -0.642. The van der Waals surface area contributed by atoms with Gasteiger partial charge in [0.05, 0.1) is 12.1 Å². The zero-order chi connectivity index (χ0) is 10.6. The molecule has 0 radical (unpaired) electrons. The first-order valence-electron chi connectivity index (χ1n) is 4.00. The summed E-state index contributed by atoms with van der Waals surface area (Å²) in [5.74, 6) is 0. The largest absolute Gasteiger partial charge is 0.468 e. The van der Waals surface area contributed by atoms with Crippen molar-refractivity contribution in [3.8, 4) is 0 Å². The van der Waals surface area contributed by atoms with Gasteiger partial charge in [0.2, 0.25) is 0 Å². The molecule has 0 aromatic heterocycles. The average molecular weight is 190 g/mol. The predicted molar refractivity (Wildman–Crippen MR) is 45.6 cm³/mol. The smallest absolute Gasteiger partial charge is 0.443 e. The van der Waals surface area contributed by atoms with Crippen molar-refractivity contribution in [1.82, 2.24) is 5.01 Å². The van der Waals surface area contributed by atoms with E-state index in [1.54, 1.807) is 27.7 Å². The number of carbonyl (C=O) groups excluding carboxylic acids is 1. The molecule has 0 saturated carbocycles. The summed E-state index contributed by atoms with van der Waals surface area (Å²) in [5, 5.41) is 10.1. The van der Waals surface area contributed by atoms with Crippen molar-refractivity contribution in [3.05, 3.63) is 10.1 Å². The quantitative estimate of drug-likeness (QED) is 0.498. The summed E-state index contributed by atoms with van der Waals surface area (Å²) in [6.45, 7) is 6.36. The highest BCUT2D eigenvalue weighted by Crippen LogP contribution is 2.03. The number of carbonyl (C=O) groups is 1. The molecule has 0 fully saturated rings. The summed E-state index contributed by atoms with van der Waals surface area (Å²) in [5.41, 5.74) is 0. The van der Waals surface area contributed by atoms with Crippen molar-refractivity contribution in [3.63, 3.8) is 0 Å². The predicted octanol–water partition coefficient (Wildman–Crippen LogP) is 1.43. The number of ether oxygens (including phenoxy) is 1. The normalized spacial score (nSPS) is 10.3. The van der Waals surface area contributed by atoms with Gasteiger partial charge in [-0.05, 0) is 32.7 Å². The number of nitro groups is 1. The van der Waals surface area contributed by atoms with Crippen LogP contribution in [0.1, 0.15) is 27.7 Å². The van der Waals surface area contributed by atoms with Crippen LogP contribution >= 0.6 is 0 Å². The molecule has 0 aromatic carbocycles. The first-order valence-corrected chi connectivity index (χ1v) is 4.00. The first kappa shape index (κ1) is 11.7. The van der Waals surface area contributed by atoms with Crippen molar-refractivity contribution in [2.75, 3.05) is 0 Å². The van der Waals surface area contributed by atoms with E-state index >= 15 is 0 Å². The molecule has 76 valence electrons. The molecular weight excluding hydrogens is 176 g/mol. The standard InChI is InChI=1S/C7H14N2O4/c1-5(2)8(9(11)12)7(10)13-6(3)4/h5-6H,1-4H3. The van der Waals surface area contributed by atoms with E-state index in [1.807, 2.05) is 0 Å². The second-order valence-electron chi connectivity index (χ2n) is 3.11. The molecule has 0 heterocycles. The van der Waals surface area contributed by atoms with Gasteiger partial charge in [0.15, 0.2) is 5.03 Å². The Labute approximate surface area is 76.6 Å². The monoisotopic (exact) mass is 190 g/mol. The summed E-state index contributed by atoms with van der Waals surface area (Å²) in [7, 11) is 0. The fourth-order valence-corrected chi connectivity index (χ4v) is 0.722. The number of amides is 1. The van der Waals surface area contributed by atoms with E-state index < -0.39 is 17.2 Å². The molecule has 0 rings (SSSR count). The van der Waals surface area contributed by atoms with Gasteiger partial charge in [-0.15, -0.1) is 0 Å². The Kier molecular flexibility index (Phi) is 4.16. The Balaban J connectivity index is 4.38. The molecule has 0 atom stereocenters. The highest BCUT2D eigenvalue weighted by Gasteiger charge is 2.29. The number of rotatable bonds is 3. The van der Waals surface area contributed by atoms with Crippen LogP contribution in [0.15, 0.2) is 0 Å². The number of hydrogen-bond donors (Lipinski definition) is 0. The molecule has 1 amide bonds.